The molecule has 1 N–H and O–H groups in total. The SMILES string of the molecule is CCCNC(C)(C#N)CCCN(CCOC)C(CC)CC. The van der Waals surface area contributed by atoms with E-state index in [4.69, 9.17) is 4.74 Å². The molecule has 21 heavy (non-hydrogen) atoms. The first-order chi connectivity index (χ1) is 10.1. The van der Waals surface area contributed by atoms with Crippen molar-refractivity contribution in [2.75, 3.05) is 33.4 Å². The van der Waals surface area contributed by atoms with Crippen LogP contribution in [0.4, 0.5) is 0 Å². The van der Waals surface area contributed by atoms with Gasteiger partial charge in [-0.1, -0.05) is 20.8 Å². The zero-order valence-corrected chi connectivity index (χ0v) is 14.7. The van der Waals surface area contributed by atoms with Crippen molar-refractivity contribution in [3.05, 3.63) is 0 Å². The molecule has 0 saturated carbocycles. The first-order valence-corrected chi connectivity index (χ1v) is 8.46. The van der Waals surface area contributed by atoms with E-state index in [1.54, 1.807) is 7.11 Å². The minimum atomic E-state index is -0.392. The van der Waals surface area contributed by atoms with E-state index in [0.717, 1.165) is 45.5 Å². The van der Waals surface area contributed by atoms with Crippen LogP contribution in [0.5, 0.6) is 0 Å². The zero-order valence-electron chi connectivity index (χ0n) is 14.7. The molecule has 0 aliphatic carbocycles. The second-order valence-electron chi connectivity index (χ2n) is 5.97. The highest BCUT2D eigenvalue weighted by molar-refractivity contribution is 5.03. The molecule has 0 aromatic rings. The van der Waals surface area contributed by atoms with E-state index >= 15 is 0 Å². The van der Waals surface area contributed by atoms with Crippen LogP contribution in [0.25, 0.3) is 0 Å². The summed E-state index contributed by atoms with van der Waals surface area (Å²) >= 11 is 0. The summed E-state index contributed by atoms with van der Waals surface area (Å²) in [6.07, 6.45) is 5.34. The topological polar surface area (TPSA) is 48.3 Å². The van der Waals surface area contributed by atoms with Gasteiger partial charge in [-0.05, 0) is 52.1 Å². The zero-order chi connectivity index (χ0) is 16.1. The maximum absolute atomic E-state index is 9.37. The lowest BCUT2D eigenvalue weighted by molar-refractivity contribution is 0.112. The van der Waals surface area contributed by atoms with Crippen LogP contribution < -0.4 is 5.32 Å². The summed E-state index contributed by atoms with van der Waals surface area (Å²) in [5.41, 5.74) is -0.392. The highest BCUT2D eigenvalue weighted by Gasteiger charge is 2.23. The first kappa shape index (κ1) is 20.4. The van der Waals surface area contributed by atoms with Crippen molar-refractivity contribution in [2.24, 2.45) is 0 Å². The molecule has 0 radical (unpaired) electrons. The smallest absolute Gasteiger partial charge is 0.103 e. The fourth-order valence-electron chi connectivity index (χ4n) is 2.71. The number of rotatable bonds is 13. The van der Waals surface area contributed by atoms with Gasteiger partial charge in [-0.2, -0.15) is 5.26 Å². The summed E-state index contributed by atoms with van der Waals surface area (Å²) < 4.78 is 5.23. The summed E-state index contributed by atoms with van der Waals surface area (Å²) in [6.45, 7) is 12.3. The minimum Gasteiger partial charge on any atom is -0.383 e. The fraction of sp³-hybridized carbons (Fsp3) is 0.941. The van der Waals surface area contributed by atoms with Gasteiger partial charge in [0.15, 0.2) is 0 Å². The number of ether oxygens (including phenoxy) is 1. The quantitative estimate of drug-likeness (QED) is 0.567. The highest BCUT2D eigenvalue weighted by atomic mass is 16.5. The first-order valence-electron chi connectivity index (χ1n) is 8.46. The van der Waals surface area contributed by atoms with E-state index in [-0.39, 0.29) is 0 Å². The van der Waals surface area contributed by atoms with Crippen LogP contribution in [0.3, 0.4) is 0 Å². The maximum atomic E-state index is 9.37. The maximum Gasteiger partial charge on any atom is 0.103 e. The summed E-state index contributed by atoms with van der Waals surface area (Å²) in [5.74, 6) is 0. The molecule has 124 valence electrons. The standard InChI is InChI=1S/C17H35N3O/c1-6-11-19-17(4,15-18)10-9-12-20(13-14-21-5)16(7-2)8-3/h16,19H,6-14H2,1-5H3. The highest BCUT2D eigenvalue weighted by Crippen LogP contribution is 2.15. The van der Waals surface area contributed by atoms with Crippen LogP contribution >= 0.6 is 0 Å². The molecule has 4 nitrogen and oxygen atoms in total. The fourth-order valence-corrected chi connectivity index (χ4v) is 2.71. The second-order valence-corrected chi connectivity index (χ2v) is 5.97. The molecule has 0 spiro atoms. The molecule has 0 amide bonds. The summed E-state index contributed by atoms with van der Waals surface area (Å²) in [7, 11) is 1.76. The summed E-state index contributed by atoms with van der Waals surface area (Å²) in [4.78, 5) is 2.51. The number of nitrogens with zero attached hydrogens (tertiary/aromatic N) is 2. The van der Waals surface area contributed by atoms with E-state index < -0.39 is 5.54 Å². The average Bonchev–Trinajstić information content (AvgIpc) is 2.51. The van der Waals surface area contributed by atoms with E-state index in [0.29, 0.717) is 6.04 Å². The Morgan fingerprint density at radius 1 is 1.24 bits per heavy atom. The van der Waals surface area contributed by atoms with E-state index in [1.165, 1.54) is 12.8 Å². The number of methoxy groups -OCH3 is 1. The van der Waals surface area contributed by atoms with Crippen LogP contribution in [0.1, 0.15) is 59.8 Å². The predicted octanol–water partition coefficient (Wildman–Crippen LogP) is 3.19. The lowest BCUT2D eigenvalue weighted by Crippen LogP contribution is -2.43. The molecular formula is C17H35N3O. The van der Waals surface area contributed by atoms with Gasteiger partial charge in [0.25, 0.3) is 0 Å². The van der Waals surface area contributed by atoms with Gasteiger partial charge in [0.1, 0.15) is 5.54 Å². The van der Waals surface area contributed by atoms with Crippen LogP contribution in [0, 0.1) is 11.3 Å². The lowest BCUT2D eigenvalue weighted by Gasteiger charge is -2.31. The predicted molar refractivity (Wildman–Crippen MR) is 89.4 cm³/mol. The van der Waals surface area contributed by atoms with Crippen LogP contribution in [0.15, 0.2) is 0 Å². The Labute approximate surface area is 131 Å². The molecule has 1 unspecified atom stereocenters. The molecule has 0 aliphatic heterocycles. The van der Waals surface area contributed by atoms with Gasteiger partial charge in [0.05, 0.1) is 12.7 Å². The van der Waals surface area contributed by atoms with Crippen LogP contribution in [-0.4, -0.2) is 49.8 Å². The molecule has 0 bridgehead atoms. The molecule has 0 aromatic carbocycles. The largest absolute Gasteiger partial charge is 0.383 e. The molecule has 1 atom stereocenters. The number of hydrogen-bond donors (Lipinski definition) is 1. The van der Waals surface area contributed by atoms with Crippen LogP contribution in [-0.2, 0) is 4.74 Å². The normalized spacial score (nSPS) is 14.4. The molecule has 0 heterocycles. The Morgan fingerprint density at radius 2 is 1.90 bits per heavy atom. The van der Waals surface area contributed by atoms with Gasteiger partial charge in [-0.25, -0.2) is 0 Å². The molecular weight excluding hydrogens is 262 g/mol. The molecule has 4 heteroatoms. The molecule has 0 aliphatic rings. The van der Waals surface area contributed by atoms with Gasteiger partial charge >= 0.3 is 0 Å². The third kappa shape index (κ3) is 8.40. The average molecular weight is 297 g/mol. The van der Waals surface area contributed by atoms with Crippen molar-refractivity contribution in [2.45, 2.75) is 71.4 Å². The number of nitriles is 1. The van der Waals surface area contributed by atoms with Crippen molar-refractivity contribution >= 4 is 0 Å². The lowest BCUT2D eigenvalue weighted by atomic mass is 9.97. The minimum absolute atomic E-state index is 0.392. The summed E-state index contributed by atoms with van der Waals surface area (Å²) in [5, 5.41) is 12.7. The molecule has 0 fully saturated rings. The third-order valence-electron chi connectivity index (χ3n) is 4.18. The Balaban J connectivity index is 4.36. The van der Waals surface area contributed by atoms with Gasteiger partial charge < -0.3 is 4.74 Å². The van der Waals surface area contributed by atoms with Gasteiger partial charge in [0, 0.05) is 19.7 Å². The van der Waals surface area contributed by atoms with Gasteiger partial charge in [-0.3, -0.25) is 10.2 Å². The van der Waals surface area contributed by atoms with E-state index in [9.17, 15) is 5.26 Å². The van der Waals surface area contributed by atoms with Gasteiger partial charge in [0.2, 0.25) is 0 Å². The molecule has 0 rings (SSSR count). The Bertz CT molecular complexity index is 286. The van der Waals surface area contributed by atoms with Crippen molar-refractivity contribution in [1.29, 1.82) is 5.26 Å². The Morgan fingerprint density at radius 3 is 2.38 bits per heavy atom. The van der Waals surface area contributed by atoms with Crippen molar-refractivity contribution in [3.8, 4) is 6.07 Å². The van der Waals surface area contributed by atoms with E-state index in [2.05, 4.69) is 37.1 Å². The van der Waals surface area contributed by atoms with Gasteiger partial charge in [-0.15, -0.1) is 0 Å². The Hall–Kier alpha value is -0.630. The van der Waals surface area contributed by atoms with Crippen molar-refractivity contribution in [3.63, 3.8) is 0 Å². The number of hydrogen-bond acceptors (Lipinski definition) is 4. The third-order valence-corrected chi connectivity index (χ3v) is 4.18. The summed E-state index contributed by atoms with van der Waals surface area (Å²) in [6, 6.07) is 3.06. The van der Waals surface area contributed by atoms with Crippen LogP contribution in [0.2, 0.25) is 0 Å². The van der Waals surface area contributed by atoms with Crippen molar-refractivity contribution < 1.29 is 4.74 Å². The second kappa shape index (κ2) is 12.0. The Kier molecular flexibility index (Phi) is 11.6. The molecule has 0 aromatic heterocycles. The monoisotopic (exact) mass is 297 g/mol. The molecule has 0 saturated heterocycles. The van der Waals surface area contributed by atoms with Crippen molar-refractivity contribution in [1.82, 2.24) is 10.2 Å². The number of nitrogens with one attached hydrogen (secondary N) is 1. The van der Waals surface area contributed by atoms with E-state index in [1.807, 2.05) is 6.92 Å².